The van der Waals surface area contributed by atoms with Crippen LogP contribution in [0.5, 0.6) is 0 Å². The molecule has 6 fully saturated rings. The van der Waals surface area contributed by atoms with Gasteiger partial charge in [0.05, 0.1) is 47.4 Å². The molecule has 0 spiro atoms. The molecule has 1 aromatic rings. The summed E-state index contributed by atoms with van der Waals surface area (Å²) in [6.07, 6.45) is 15.2. The van der Waals surface area contributed by atoms with E-state index in [4.69, 9.17) is 9.84 Å². The molecule has 3 aliphatic heterocycles. The van der Waals surface area contributed by atoms with Crippen molar-refractivity contribution in [1.29, 1.82) is 0 Å². The first-order valence-corrected chi connectivity index (χ1v) is 29.6. The molecule has 14 unspecified atom stereocenters. The number of imide groups is 3. The number of benzene rings is 1. The van der Waals surface area contributed by atoms with E-state index in [1.807, 2.05) is 87.6 Å². The van der Waals surface area contributed by atoms with Crippen LogP contribution in [0.1, 0.15) is 91.0 Å². The highest BCUT2D eigenvalue weighted by Crippen LogP contribution is 2.53. The number of carboxylic acids is 1. The number of hydrogen-bond acceptors (Lipinski definition) is 13. The predicted molar refractivity (Wildman–Crippen MR) is 299 cm³/mol. The van der Waals surface area contributed by atoms with Crippen LogP contribution in [0.25, 0.3) is 6.08 Å². The first kappa shape index (κ1) is 61.4. The number of aliphatic hydroxyl groups is 1. The fourth-order valence-corrected chi connectivity index (χ4v) is 13.9. The van der Waals surface area contributed by atoms with E-state index in [-0.39, 0.29) is 154 Å². The van der Waals surface area contributed by atoms with E-state index in [9.17, 15) is 53.1 Å². The molecular formula is C60H80N6O13S. The third kappa shape index (κ3) is 14.3. The minimum atomic E-state index is -1.12. The number of aliphatic hydroxyl groups excluding tert-OH is 1. The van der Waals surface area contributed by atoms with Crippen LogP contribution in [0.2, 0.25) is 0 Å². The number of rotatable bonds is 30. The second kappa shape index (κ2) is 28.4. The molecule has 6 aliphatic rings. The Balaban J connectivity index is 1.06. The SMILES string of the molecule is C=CC1CC(C=CC2CC(C=CC3CC(/C=C/c4ccccc4)C4C(=O)N(CCCOC(C)C(=O)O)C(=O)C34)C3C(=O)N(CCCC(=O)NCCO)C(=O)C23)C2C(=O)N(CCCC(=O)NCCSC(CC)C(=O)NC(C)C)C(=O)C12. The van der Waals surface area contributed by atoms with Crippen LogP contribution in [0, 0.1) is 71.0 Å². The fraction of sp³-hybridized carbons (Fsp3) is 0.600. The highest BCUT2D eigenvalue weighted by atomic mass is 32.2. The number of allylic oxidation sites excluding steroid dienone is 6. The number of carbonyl (C=O) groups excluding carboxylic acids is 9. The van der Waals surface area contributed by atoms with E-state index in [2.05, 4.69) is 22.5 Å². The smallest absolute Gasteiger partial charge is 0.332 e. The van der Waals surface area contributed by atoms with Gasteiger partial charge in [-0.2, -0.15) is 0 Å². The quantitative estimate of drug-likeness (QED) is 0.0406. The van der Waals surface area contributed by atoms with Gasteiger partial charge in [0.15, 0.2) is 6.10 Å². The molecule has 0 aromatic heterocycles. The minimum Gasteiger partial charge on any atom is -0.479 e. The van der Waals surface area contributed by atoms with Gasteiger partial charge in [-0.25, -0.2) is 4.79 Å². The van der Waals surface area contributed by atoms with Crippen molar-refractivity contribution >= 4 is 77.0 Å². The van der Waals surface area contributed by atoms with Gasteiger partial charge >= 0.3 is 5.97 Å². The maximum atomic E-state index is 14.5. The molecule has 0 bridgehead atoms. The number of carboxylic acid groups (broad SMARTS) is 1. The summed E-state index contributed by atoms with van der Waals surface area (Å²) in [6, 6.07) is 9.65. The third-order valence-corrected chi connectivity index (χ3v) is 18.2. The lowest BCUT2D eigenvalue weighted by Gasteiger charge is -2.21. The summed E-state index contributed by atoms with van der Waals surface area (Å²) >= 11 is 1.48. The summed E-state index contributed by atoms with van der Waals surface area (Å²) in [5, 5.41) is 26.6. The van der Waals surface area contributed by atoms with E-state index in [0.717, 1.165) is 5.56 Å². The Labute approximate surface area is 473 Å². The largest absolute Gasteiger partial charge is 0.479 e. The summed E-state index contributed by atoms with van der Waals surface area (Å²) in [6.45, 7) is 11.6. The Morgan fingerprint density at radius 3 is 1.50 bits per heavy atom. The molecule has 14 atom stereocenters. The first-order chi connectivity index (χ1) is 38.4. The van der Waals surface area contributed by atoms with Gasteiger partial charge < -0.3 is 30.9 Å². The Bertz CT molecular complexity index is 2570. The molecule has 434 valence electrons. The van der Waals surface area contributed by atoms with E-state index in [1.54, 1.807) is 6.08 Å². The zero-order chi connectivity index (χ0) is 57.8. The van der Waals surface area contributed by atoms with E-state index >= 15 is 0 Å². The van der Waals surface area contributed by atoms with Crippen molar-refractivity contribution in [2.45, 2.75) is 103 Å². The molecule has 3 heterocycles. The summed E-state index contributed by atoms with van der Waals surface area (Å²) in [5.41, 5.74) is 0.932. The van der Waals surface area contributed by atoms with Gasteiger partial charge in [0.2, 0.25) is 53.2 Å². The second-order valence-electron chi connectivity index (χ2n) is 22.4. The second-order valence-corrected chi connectivity index (χ2v) is 23.7. The summed E-state index contributed by atoms with van der Waals surface area (Å²) < 4.78 is 5.39. The first-order valence-electron chi connectivity index (χ1n) is 28.6. The number of hydrogen-bond donors (Lipinski definition) is 5. The van der Waals surface area contributed by atoms with Crippen LogP contribution in [0.3, 0.4) is 0 Å². The van der Waals surface area contributed by atoms with Gasteiger partial charge in [0.1, 0.15) is 0 Å². The average molecular weight is 1130 g/mol. The fourth-order valence-electron chi connectivity index (χ4n) is 13.0. The molecule has 7 rings (SSSR count). The Morgan fingerprint density at radius 1 is 0.650 bits per heavy atom. The number of nitrogens with one attached hydrogen (secondary N) is 3. The number of fused-ring (bicyclic) bond motifs is 3. The average Bonchev–Trinajstić information content (AvgIpc) is 4.47. The summed E-state index contributed by atoms with van der Waals surface area (Å²) in [7, 11) is 0. The zero-order valence-electron chi connectivity index (χ0n) is 46.5. The monoisotopic (exact) mass is 1120 g/mol. The van der Waals surface area contributed by atoms with E-state index in [1.165, 1.54) is 33.4 Å². The van der Waals surface area contributed by atoms with Crippen molar-refractivity contribution in [2.24, 2.45) is 71.0 Å². The van der Waals surface area contributed by atoms with Crippen molar-refractivity contribution in [3.8, 4) is 0 Å². The van der Waals surface area contributed by atoms with Crippen molar-refractivity contribution in [3.63, 3.8) is 0 Å². The molecule has 3 saturated heterocycles. The standard InChI is InChI=1S/C60H80N6O13S/c1-6-38-32-40(48-47(38)54(71)64(55(48)72)26-12-17-46(69)62-25-31-80-44(7-2)53(70)63-35(3)4)20-21-42-34-43(52-51(42)56(73)65(57(52)74)27-11-16-45(68)61-24-29-67)23-22-41-33-39(19-18-37-14-9-8-10-15-37)49-50(41)59(76)66(58(49)75)28-13-30-79-36(5)60(77)78/h6,8-10,14-15,18-23,35-36,38-44,47-52,67H,1,7,11-13,16-17,24-34H2,2-5H3,(H,61,68)(H,62,69)(H,63,70)(H,77,78)/b19-18+,21-20?,23-22?. The lowest BCUT2D eigenvalue weighted by molar-refractivity contribution is -0.150. The lowest BCUT2D eigenvalue weighted by Crippen LogP contribution is -2.37. The Kier molecular flexibility index (Phi) is 21.8. The van der Waals surface area contributed by atoms with E-state index in [0.29, 0.717) is 38.0 Å². The van der Waals surface area contributed by atoms with E-state index < -0.39 is 65.3 Å². The van der Waals surface area contributed by atoms with Crippen LogP contribution in [-0.4, -0.2) is 153 Å². The maximum absolute atomic E-state index is 14.5. The van der Waals surface area contributed by atoms with Gasteiger partial charge in [-0.15, -0.1) is 18.3 Å². The minimum absolute atomic E-state index is 0.0111. The molecule has 9 amide bonds. The number of amides is 9. The van der Waals surface area contributed by atoms with Crippen molar-refractivity contribution in [1.82, 2.24) is 30.7 Å². The van der Waals surface area contributed by atoms with Crippen molar-refractivity contribution in [2.75, 3.05) is 51.7 Å². The zero-order valence-corrected chi connectivity index (χ0v) is 47.3. The van der Waals surface area contributed by atoms with Gasteiger partial charge in [-0.1, -0.05) is 79.8 Å². The molecular weight excluding hydrogens is 1040 g/mol. The van der Waals surface area contributed by atoms with Crippen LogP contribution in [0.15, 0.2) is 73.4 Å². The molecule has 5 N–H and O–H groups in total. The normalized spacial score (nSPS) is 28.9. The van der Waals surface area contributed by atoms with Crippen molar-refractivity contribution < 1.29 is 62.9 Å². The van der Waals surface area contributed by atoms with Crippen molar-refractivity contribution in [3.05, 3.63) is 78.9 Å². The van der Waals surface area contributed by atoms with Crippen LogP contribution in [-0.2, 0) is 52.7 Å². The number of aliphatic carboxylic acids is 1. The highest BCUT2D eigenvalue weighted by molar-refractivity contribution is 8.00. The van der Waals surface area contributed by atoms with Crippen LogP contribution < -0.4 is 16.0 Å². The predicted octanol–water partition coefficient (Wildman–Crippen LogP) is 4.41. The molecule has 3 saturated carbocycles. The number of nitrogens with zero attached hydrogens (tertiary/aromatic N) is 3. The maximum Gasteiger partial charge on any atom is 0.332 e. The summed E-state index contributed by atoms with van der Waals surface area (Å²) in [5.74, 6) is -9.59. The molecule has 1 aromatic carbocycles. The third-order valence-electron chi connectivity index (χ3n) is 16.8. The number of ether oxygens (including phenoxy) is 1. The van der Waals surface area contributed by atoms with Gasteiger partial charge in [-0.3, -0.25) is 57.9 Å². The Morgan fingerprint density at radius 2 is 1.07 bits per heavy atom. The molecule has 80 heavy (non-hydrogen) atoms. The van der Waals surface area contributed by atoms with Crippen LogP contribution in [0.4, 0.5) is 0 Å². The molecule has 20 heteroatoms. The number of thioether (sulfide) groups is 1. The van der Waals surface area contributed by atoms with Gasteiger partial charge in [0.25, 0.3) is 0 Å². The number of carbonyl (C=O) groups is 10. The van der Waals surface area contributed by atoms with Gasteiger partial charge in [0, 0.05) is 64.0 Å². The number of likely N-dealkylation sites (tertiary alicyclic amines) is 3. The molecule has 3 aliphatic carbocycles. The Hall–Kier alpha value is -6.25. The topological polar surface area (TPSA) is 266 Å². The van der Waals surface area contributed by atoms with Gasteiger partial charge in [-0.05, 0) is 107 Å². The highest BCUT2D eigenvalue weighted by Gasteiger charge is 2.60. The summed E-state index contributed by atoms with van der Waals surface area (Å²) in [4.78, 5) is 138. The van der Waals surface area contributed by atoms with Crippen LogP contribution >= 0.6 is 11.8 Å². The lowest BCUT2D eigenvalue weighted by atomic mass is 9.86. The molecule has 0 radical (unpaired) electrons. The molecule has 19 nitrogen and oxygen atoms in total.